The summed E-state index contributed by atoms with van der Waals surface area (Å²) in [7, 11) is -1.90. The van der Waals surface area contributed by atoms with Crippen LogP contribution in [0.2, 0.25) is 18.1 Å². The smallest absolute Gasteiger partial charge is 0.192 e. The molecular weight excluding hydrogens is 428 g/mol. The summed E-state index contributed by atoms with van der Waals surface area (Å²) in [6.07, 6.45) is 0.782. The fourth-order valence-electron chi connectivity index (χ4n) is 3.92. The van der Waals surface area contributed by atoms with Crippen molar-refractivity contribution in [2.75, 3.05) is 31.2 Å². The molecule has 2 aromatic heterocycles. The third-order valence-electron chi connectivity index (χ3n) is 7.42. The number of benzene rings is 1. The number of aryl methyl sites for hydroxylation is 1. The molecule has 0 amide bonds. The third-order valence-corrected chi connectivity index (χ3v) is 11.9. The topological polar surface area (TPSA) is 51.9 Å². The lowest BCUT2D eigenvalue weighted by atomic mass is 9.99. The van der Waals surface area contributed by atoms with E-state index in [0.717, 1.165) is 55.6 Å². The molecule has 0 atom stereocenters. The van der Waals surface area contributed by atoms with Gasteiger partial charge >= 0.3 is 0 Å². The summed E-state index contributed by atoms with van der Waals surface area (Å²) < 4.78 is 14.2. The van der Waals surface area contributed by atoms with Gasteiger partial charge in [-0.15, -0.1) is 5.10 Å². The number of hydrogen-bond donors (Lipinski definition) is 0. The lowest BCUT2D eigenvalue weighted by molar-refractivity contribution is 0.122. The molecule has 3 heterocycles. The zero-order chi connectivity index (χ0) is 23.8. The van der Waals surface area contributed by atoms with E-state index in [0.29, 0.717) is 6.61 Å². The van der Waals surface area contributed by atoms with Gasteiger partial charge in [-0.2, -0.15) is 0 Å². The molecule has 0 N–H and O–H groups in total. The molecule has 1 saturated heterocycles. The summed E-state index contributed by atoms with van der Waals surface area (Å²) in [4.78, 5) is 7.27. The normalized spacial score (nSPS) is 15.4. The fourth-order valence-corrected chi connectivity index (χ4v) is 4.85. The van der Waals surface area contributed by atoms with Crippen molar-refractivity contribution in [2.24, 2.45) is 0 Å². The first kappa shape index (κ1) is 23.9. The van der Waals surface area contributed by atoms with Gasteiger partial charge in [-0.3, -0.25) is 0 Å². The van der Waals surface area contributed by atoms with Gasteiger partial charge in [-0.1, -0.05) is 39.0 Å². The molecule has 1 aromatic carbocycles. The summed E-state index contributed by atoms with van der Waals surface area (Å²) in [6.45, 7) is 19.5. The van der Waals surface area contributed by atoms with Crippen molar-refractivity contribution in [1.29, 1.82) is 0 Å². The van der Waals surface area contributed by atoms with E-state index in [4.69, 9.17) is 19.2 Å². The Kier molecular flexibility index (Phi) is 6.67. The SMILES string of the molecule is Cc1cccc(Cc2c(CO[Si](C)(C)C(C)(C)C)nc3ccc(N4CCOCC4)nn23)c1C. The molecule has 4 rings (SSSR count). The van der Waals surface area contributed by atoms with Crippen LogP contribution in [0.1, 0.15) is 48.8 Å². The molecule has 33 heavy (non-hydrogen) atoms. The Bertz CT molecular complexity index is 1130. The van der Waals surface area contributed by atoms with Crippen LogP contribution < -0.4 is 4.90 Å². The molecule has 0 unspecified atom stereocenters. The van der Waals surface area contributed by atoms with Gasteiger partial charge in [0, 0.05) is 19.5 Å². The third kappa shape index (κ3) is 5.00. The first-order valence-corrected chi connectivity index (χ1v) is 14.9. The van der Waals surface area contributed by atoms with Crippen molar-refractivity contribution in [2.45, 2.75) is 65.8 Å². The predicted octanol–water partition coefficient (Wildman–Crippen LogP) is 5.30. The first-order valence-electron chi connectivity index (χ1n) is 12.0. The monoisotopic (exact) mass is 466 g/mol. The number of fused-ring (bicyclic) bond motifs is 1. The molecule has 0 bridgehead atoms. The molecule has 1 aliphatic heterocycles. The highest BCUT2D eigenvalue weighted by Gasteiger charge is 2.37. The molecule has 6 nitrogen and oxygen atoms in total. The average Bonchev–Trinajstić information content (AvgIpc) is 3.12. The van der Waals surface area contributed by atoms with Gasteiger partial charge in [0.25, 0.3) is 0 Å². The van der Waals surface area contributed by atoms with Crippen LogP contribution in [0.15, 0.2) is 30.3 Å². The molecule has 7 heteroatoms. The van der Waals surface area contributed by atoms with E-state index in [-0.39, 0.29) is 5.04 Å². The van der Waals surface area contributed by atoms with Crippen LogP contribution in [0.25, 0.3) is 5.65 Å². The zero-order valence-electron chi connectivity index (χ0n) is 21.2. The van der Waals surface area contributed by atoms with Crippen molar-refractivity contribution in [3.8, 4) is 0 Å². The van der Waals surface area contributed by atoms with E-state index < -0.39 is 8.32 Å². The number of anilines is 1. The van der Waals surface area contributed by atoms with Crippen LogP contribution in [0.4, 0.5) is 5.82 Å². The number of morpholine rings is 1. The molecule has 0 spiro atoms. The number of aromatic nitrogens is 3. The second-order valence-electron chi connectivity index (χ2n) is 10.7. The van der Waals surface area contributed by atoms with Crippen LogP contribution in [-0.2, 0) is 22.2 Å². The number of hydrogen-bond acceptors (Lipinski definition) is 5. The summed E-state index contributed by atoms with van der Waals surface area (Å²) in [5.41, 5.74) is 6.93. The maximum atomic E-state index is 6.60. The van der Waals surface area contributed by atoms with Gasteiger partial charge in [-0.05, 0) is 60.8 Å². The minimum absolute atomic E-state index is 0.154. The molecule has 0 aliphatic carbocycles. The number of ether oxygens (including phenoxy) is 1. The van der Waals surface area contributed by atoms with Gasteiger partial charge in [0.1, 0.15) is 5.82 Å². The molecule has 1 fully saturated rings. The maximum Gasteiger partial charge on any atom is 0.192 e. The van der Waals surface area contributed by atoms with Crippen molar-refractivity contribution in [3.05, 3.63) is 58.4 Å². The van der Waals surface area contributed by atoms with E-state index in [1.54, 1.807) is 0 Å². The van der Waals surface area contributed by atoms with E-state index >= 15 is 0 Å². The molecule has 178 valence electrons. The molecule has 3 aromatic rings. The van der Waals surface area contributed by atoms with Crippen molar-refractivity contribution in [1.82, 2.24) is 14.6 Å². The van der Waals surface area contributed by atoms with Gasteiger partial charge in [0.05, 0.1) is 31.2 Å². The minimum atomic E-state index is -1.90. The van der Waals surface area contributed by atoms with Gasteiger partial charge in [-0.25, -0.2) is 9.50 Å². The first-order chi connectivity index (χ1) is 15.6. The highest BCUT2D eigenvalue weighted by atomic mass is 28.4. The van der Waals surface area contributed by atoms with E-state index in [2.05, 4.69) is 82.9 Å². The van der Waals surface area contributed by atoms with E-state index in [1.165, 1.54) is 16.7 Å². The number of imidazole rings is 1. The minimum Gasteiger partial charge on any atom is -0.411 e. The van der Waals surface area contributed by atoms with Crippen molar-refractivity contribution < 1.29 is 9.16 Å². The summed E-state index contributed by atoms with van der Waals surface area (Å²) >= 11 is 0. The Balaban J connectivity index is 1.75. The second kappa shape index (κ2) is 9.20. The number of rotatable bonds is 6. The largest absolute Gasteiger partial charge is 0.411 e. The van der Waals surface area contributed by atoms with Crippen LogP contribution in [0.3, 0.4) is 0 Å². The number of nitrogens with zero attached hydrogens (tertiary/aromatic N) is 4. The zero-order valence-corrected chi connectivity index (χ0v) is 22.2. The maximum absolute atomic E-state index is 6.60. The lowest BCUT2D eigenvalue weighted by Crippen LogP contribution is -2.40. The Hall–Kier alpha value is -2.22. The van der Waals surface area contributed by atoms with Crippen molar-refractivity contribution in [3.63, 3.8) is 0 Å². The van der Waals surface area contributed by atoms with Gasteiger partial charge in [0.2, 0.25) is 0 Å². The highest BCUT2D eigenvalue weighted by molar-refractivity contribution is 6.74. The lowest BCUT2D eigenvalue weighted by Gasteiger charge is -2.36. The Morgan fingerprint density at radius 1 is 1.06 bits per heavy atom. The van der Waals surface area contributed by atoms with E-state index in [1.807, 2.05) is 4.52 Å². The van der Waals surface area contributed by atoms with Crippen LogP contribution in [-0.4, -0.2) is 49.2 Å². The summed E-state index contributed by atoms with van der Waals surface area (Å²) in [5, 5.41) is 5.20. The standard InChI is InChI=1S/C26H38N4O2Si/c1-19-9-8-10-21(20(19)2)17-23-22(18-32-33(6,7)26(3,4)5)27-24-11-12-25(28-30(23)24)29-13-15-31-16-14-29/h8-12H,13-18H2,1-7H3. The molecular formula is C26H38N4O2Si. The van der Waals surface area contributed by atoms with Crippen LogP contribution in [0, 0.1) is 13.8 Å². The van der Waals surface area contributed by atoms with Gasteiger partial charge in [0.15, 0.2) is 14.0 Å². The second-order valence-corrected chi connectivity index (χ2v) is 15.5. The fraction of sp³-hybridized carbons (Fsp3) is 0.538. The average molecular weight is 467 g/mol. The van der Waals surface area contributed by atoms with E-state index in [9.17, 15) is 0 Å². The molecule has 0 radical (unpaired) electrons. The van der Waals surface area contributed by atoms with Gasteiger partial charge < -0.3 is 14.1 Å². The van der Waals surface area contributed by atoms with Crippen molar-refractivity contribution >= 4 is 19.8 Å². The summed E-state index contributed by atoms with van der Waals surface area (Å²) in [5.74, 6) is 0.974. The Labute approximate surface area is 199 Å². The quantitative estimate of drug-likeness (QED) is 0.462. The highest BCUT2D eigenvalue weighted by Crippen LogP contribution is 2.37. The Morgan fingerprint density at radius 2 is 1.79 bits per heavy atom. The van der Waals surface area contributed by atoms with Crippen LogP contribution in [0.5, 0.6) is 0 Å². The van der Waals surface area contributed by atoms with Crippen LogP contribution >= 0.6 is 0 Å². The molecule has 1 aliphatic rings. The Morgan fingerprint density at radius 3 is 2.48 bits per heavy atom. The predicted molar refractivity (Wildman–Crippen MR) is 137 cm³/mol. The molecule has 0 saturated carbocycles. The summed E-state index contributed by atoms with van der Waals surface area (Å²) in [6, 6.07) is 10.7.